The number of aliphatic carboxylic acids is 1. The molecule has 164 valence electrons. The number of thioether (sulfide) groups is 1. The van der Waals surface area contributed by atoms with Crippen molar-refractivity contribution in [2.24, 2.45) is 0 Å². The predicted molar refractivity (Wildman–Crippen MR) is 110 cm³/mol. The van der Waals surface area contributed by atoms with Crippen molar-refractivity contribution in [3.05, 3.63) is 70.6 Å². The van der Waals surface area contributed by atoms with E-state index in [0.29, 0.717) is 11.3 Å². The van der Waals surface area contributed by atoms with E-state index < -0.39 is 23.9 Å². The zero-order valence-electron chi connectivity index (χ0n) is 16.8. The number of carboxylic acid groups (broad SMARTS) is 1. The summed E-state index contributed by atoms with van der Waals surface area (Å²) in [6.07, 6.45) is -4.01. The maximum Gasteiger partial charge on any atom is 0.416 e. The van der Waals surface area contributed by atoms with Crippen molar-refractivity contribution in [2.45, 2.75) is 30.6 Å². The van der Waals surface area contributed by atoms with Crippen LogP contribution in [-0.4, -0.2) is 29.9 Å². The molecular weight excluding hydrogens is 429 g/mol. The van der Waals surface area contributed by atoms with Crippen LogP contribution in [0.3, 0.4) is 0 Å². The van der Waals surface area contributed by atoms with E-state index in [1.54, 1.807) is 11.8 Å². The van der Waals surface area contributed by atoms with Gasteiger partial charge in [0.15, 0.2) is 12.8 Å². The number of nitrogens with one attached hydrogen (secondary N) is 2. The molecule has 2 heterocycles. The van der Waals surface area contributed by atoms with Gasteiger partial charge in [0.25, 0.3) is 0 Å². The molecule has 0 amide bonds. The molecule has 0 saturated heterocycles. The summed E-state index contributed by atoms with van der Waals surface area (Å²) in [5.74, 6) is 0.481. The molecular formula is C22H22F3N2O3S+. The zero-order chi connectivity index (χ0) is 22.2. The van der Waals surface area contributed by atoms with Crippen LogP contribution >= 0.6 is 11.8 Å². The Morgan fingerprint density at radius 3 is 2.68 bits per heavy atom. The molecule has 0 aromatic heterocycles. The molecule has 0 aliphatic carbocycles. The number of quaternary nitrogens is 1. The summed E-state index contributed by atoms with van der Waals surface area (Å²) in [6, 6.07) is 11.1. The quantitative estimate of drug-likeness (QED) is 0.587. The van der Waals surface area contributed by atoms with Crippen LogP contribution < -0.4 is 10.2 Å². The number of carboxylic acids is 1. The van der Waals surface area contributed by atoms with E-state index in [9.17, 15) is 18.0 Å². The fourth-order valence-electron chi connectivity index (χ4n) is 3.81. The van der Waals surface area contributed by atoms with Crippen molar-refractivity contribution >= 4 is 23.4 Å². The maximum absolute atomic E-state index is 12.8. The van der Waals surface area contributed by atoms with Gasteiger partial charge in [0.1, 0.15) is 11.4 Å². The molecule has 0 bridgehead atoms. The standard InChI is InChI=1S/C22H21F3N2O3S/c1-13-19(30-21(26-13)15-2-5-16(6-3-15)22(23,24)25)12-31-17-7-4-14-8-9-27(11-20(28)29)18(14)10-17/h2-7,10,21,26H,8-9,11-12H2,1H3,(H,28,29)/p+1. The SMILES string of the molecule is CC1=C(CSc2ccc3c(c2)[NH+](CC(=O)O)CC3)OC(c2ccc(C(F)(F)F)cc2)N1. The summed E-state index contributed by atoms with van der Waals surface area (Å²) in [4.78, 5) is 13.1. The fourth-order valence-corrected chi connectivity index (χ4v) is 4.75. The van der Waals surface area contributed by atoms with Crippen LogP contribution in [0.1, 0.15) is 29.8 Å². The van der Waals surface area contributed by atoms with Gasteiger partial charge in [-0.3, -0.25) is 4.90 Å². The minimum Gasteiger partial charge on any atom is -0.477 e. The number of rotatable bonds is 6. The predicted octanol–water partition coefficient (Wildman–Crippen LogP) is 3.50. The minimum absolute atomic E-state index is 0.0627. The van der Waals surface area contributed by atoms with Crippen LogP contribution in [0.25, 0.3) is 0 Å². The van der Waals surface area contributed by atoms with Crippen LogP contribution in [0.4, 0.5) is 18.9 Å². The summed E-state index contributed by atoms with van der Waals surface area (Å²) in [5, 5.41) is 12.3. The van der Waals surface area contributed by atoms with Gasteiger partial charge in [-0.2, -0.15) is 13.2 Å². The number of hydrogen-bond donors (Lipinski definition) is 3. The van der Waals surface area contributed by atoms with Gasteiger partial charge in [-0.05, 0) is 25.1 Å². The van der Waals surface area contributed by atoms with Crippen molar-refractivity contribution in [3.63, 3.8) is 0 Å². The third kappa shape index (κ3) is 4.83. The topological polar surface area (TPSA) is 63.0 Å². The number of carbonyl (C=O) groups is 1. The molecule has 2 aromatic rings. The van der Waals surface area contributed by atoms with E-state index in [-0.39, 0.29) is 6.54 Å². The van der Waals surface area contributed by atoms with Crippen LogP contribution in [0.15, 0.2) is 58.8 Å². The Labute approximate surface area is 181 Å². The number of hydrogen-bond acceptors (Lipinski definition) is 4. The van der Waals surface area contributed by atoms with Gasteiger partial charge in [-0.15, -0.1) is 11.8 Å². The van der Waals surface area contributed by atoms with Crippen molar-refractivity contribution in [2.75, 3.05) is 18.8 Å². The molecule has 5 nitrogen and oxygen atoms in total. The number of allylic oxidation sites excluding steroid dienone is 1. The fraction of sp³-hybridized carbons (Fsp3) is 0.318. The lowest BCUT2D eigenvalue weighted by atomic mass is 10.1. The van der Waals surface area contributed by atoms with Crippen molar-refractivity contribution < 1.29 is 32.7 Å². The molecule has 0 fully saturated rings. The Morgan fingerprint density at radius 2 is 2.00 bits per heavy atom. The van der Waals surface area contributed by atoms with Gasteiger partial charge in [-0.25, -0.2) is 4.79 Å². The number of alkyl halides is 3. The van der Waals surface area contributed by atoms with Gasteiger partial charge >= 0.3 is 12.1 Å². The normalized spacial score (nSPS) is 20.4. The van der Waals surface area contributed by atoms with Gasteiger partial charge < -0.3 is 15.2 Å². The van der Waals surface area contributed by atoms with E-state index >= 15 is 0 Å². The first kappa shape index (κ1) is 21.6. The van der Waals surface area contributed by atoms with Crippen molar-refractivity contribution in [1.29, 1.82) is 0 Å². The number of ether oxygens (including phenoxy) is 1. The summed E-state index contributed by atoms with van der Waals surface area (Å²) in [5.41, 5.74) is 2.99. The second kappa shape index (κ2) is 8.47. The molecule has 31 heavy (non-hydrogen) atoms. The second-order valence-electron chi connectivity index (χ2n) is 7.59. The molecule has 0 radical (unpaired) electrons. The van der Waals surface area contributed by atoms with E-state index in [0.717, 1.165) is 52.0 Å². The first-order valence-electron chi connectivity index (χ1n) is 9.83. The molecule has 2 unspecified atom stereocenters. The summed E-state index contributed by atoms with van der Waals surface area (Å²) >= 11 is 1.58. The van der Waals surface area contributed by atoms with Gasteiger partial charge in [0, 0.05) is 34.2 Å². The van der Waals surface area contributed by atoms with Crippen LogP contribution in [0.5, 0.6) is 0 Å². The first-order valence-corrected chi connectivity index (χ1v) is 10.8. The van der Waals surface area contributed by atoms with Crippen molar-refractivity contribution in [1.82, 2.24) is 5.32 Å². The number of halogens is 3. The lowest BCUT2D eigenvalue weighted by Crippen LogP contribution is -3.07. The molecule has 0 saturated carbocycles. The third-order valence-electron chi connectivity index (χ3n) is 5.46. The summed E-state index contributed by atoms with van der Waals surface area (Å²) < 4.78 is 44.2. The average Bonchev–Trinajstić information content (AvgIpc) is 3.28. The van der Waals surface area contributed by atoms with Crippen LogP contribution in [-0.2, 0) is 22.1 Å². The monoisotopic (exact) mass is 451 g/mol. The lowest BCUT2D eigenvalue weighted by Gasteiger charge is -2.15. The zero-order valence-corrected chi connectivity index (χ0v) is 17.6. The van der Waals surface area contributed by atoms with Gasteiger partial charge in [0.2, 0.25) is 0 Å². The van der Waals surface area contributed by atoms with Crippen LogP contribution in [0.2, 0.25) is 0 Å². The first-order chi connectivity index (χ1) is 14.7. The van der Waals surface area contributed by atoms with E-state index in [1.165, 1.54) is 17.7 Å². The molecule has 2 aliphatic heterocycles. The average molecular weight is 451 g/mol. The summed E-state index contributed by atoms with van der Waals surface area (Å²) in [7, 11) is 0. The highest BCUT2D eigenvalue weighted by molar-refractivity contribution is 7.99. The lowest BCUT2D eigenvalue weighted by molar-refractivity contribution is -0.817. The van der Waals surface area contributed by atoms with E-state index in [2.05, 4.69) is 5.32 Å². The number of fused-ring (bicyclic) bond motifs is 1. The Kier molecular flexibility index (Phi) is 5.90. The molecule has 2 atom stereocenters. The van der Waals surface area contributed by atoms with Gasteiger partial charge in [-0.1, -0.05) is 18.2 Å². The highest BCUT2D eigenvalue weighted by atomic mass is 32.2. The smallest absolute Gasteiger partial charge is 0.416 e. The largest absolute Gasteiger partial charge is 0.477 e. The molecule has 2 aliphatic rings. The maximum atomic E-state index is 12.8. The Bertz CT molecular complexity index is 1020. The van der Waals surface area contributed by atoms with Crippen molar-refractivity contribution in [3.8, 4) is 0 Å². The molecule has 9 heteroatoms. The number of benzene rings is 2. The molecule has 3 N–H and O–H groups in total. The molecule has 2 aromatic carbocycles. The molecule has 4 rings (SSSR count). The second-order valence-corrected chi connectivity index (χ2v) is 8.64. The van der Waals surface area contributed by atoms with Gasteiger partial charge in [0.05, 0.1) is 17.9 Å². The molecule has 0 spiro atoms. The minimum atomic E-state index is -4.37. The Balaban J connectivity index is 1.39. The van der Waals surface area contributed by atoms with Crippen LogP contribution in [0, 0.1) is 0 Å². The Hall–Kier alpha value is -2.65. The highest BCUT2D eigenvalue weighted by Gasteiger charge is 2.31. The Morgan fingerprint density at radius 1 is 1.26 bits per heavy atom. The van der Waals surface area contributed by atoms with E-state index in [1.807, 2.05) is 25.1 Å². The third-order valence-corrected chi connectivity index (χ3v) is 6.45. The van der Waals surface area contributed by atoms with E-state index in [4.69, 9.17) is 9.84 Å². The summed E-state index contributed by atoms with van der Waals surface area (Å²) in [6.45, 7) is 2.72. The highest BCUT2D eigenvalue weighted by Crippen LogP contribution is 2.34.